The lowest BCUT2D eigenvalue weighted by Gasteiger charge is -2.22. The molecule has 0 aliphatic heterocycles. The molecule has 1 unspecified atom stereocenters. The van der Waals surface area contributed by atoms with Crippen LogP contribution in [-0.2, 0) is 0 Å². The van der Waals surface area contributed by atoms with Crippen molar-refractivity contribution in [3.8, 4) is 0 Å². The van der Waals surface area contributed by atoms with Crippen LogP contribution in [0.1, 0.15) is 6.92 Å². The van der Waals surface area contributed by atoms with Gasteiger partial charge in [0.15, 0.2) is 0 Å². The van der Waals surface area contributed by atoms with Crippen molar-refractivity contribution in [1.29, 1.82) is 0 Å². The van der Waals surface area contributed by atoms with Gasteiger partial charge < -0.3 is 10.6 Å². The lowest BCUT2D eigenvalue weighted by atomic mass is 10.1. The molecule has 0 aliphatic rings. The highest BCUT2D eigenvalue weighted by atomic mass is 32.1. The summed E-state index contributed by atoms with van der Waals surface area (Å²) in [6.07, 6.45) is 0. The predicted octanol–water partition coefficient (Wildman–Crippen LogP) is 2.18. The molecular formula is C11H15FN2S. The first-order chi connectivity index (χ1) is 7.00. The summed E-state index contributed by atoms with van der Waals surface area (Å²) in [7, 11) is 1.89. The average Bonchev–Trinajstić information content (AvgIpc) is 2.17. The first-order valence-electron chi connectivity index (χ1n) is 4.76. The van der Waals surface area contributed by atoms with Gasteiger partial charge in [0.2, 0.25) is 0 Å². The van der Waals surface area contributed by atoms with E-state index < -0.39 is 0 Å². The molecule has 82 valence electrons. The molecule has 0 amide bonds. The smallest absolute Gasteiger partial charge is 0.125 e. The fourth-order valence-corrected chi connectivity index (χ4v) is 1.39. The Balaban J connectivity index is 2.68. The second-order valence-corrected chi connectivity index (χ2v) is 4.14. The van der Waals surface area contributed by atoms with Crippen LogP contribution in [0.2, 0.25) is 0 Å². The molecule has 0 fully saturated rings. The Kier molecular flexibility index (Phi) is 4.03. The van der Waals surface area contributed by atoms with Gasteiger partial charge in [0.05, 0.1) is 4.99 Å². The number of nitrogens with zero attached hydrogens (tertiary/aromatic N) is 1. The Labute approximate surface area is 94.9 Å². The fraction of sp³-hybridized carbons (Fsp3) is 0.364. The summed E-state index contributed by atoms with van der Waals surface area (Å²) >= 11 is 4.89. The van der Waals surface area contributed by atoms with Crippen molar-refractivity contribution in [3.63, 3.8) is 0 Å². The Morgan fingerprint density at radius 3 is 2.80 bits per heavy atom. The summed E-state index contributed by atoms with van der Waals surface area (Å²) in [6, 6.07) is 6.46. The maximum Gasteiger partial charge on any atom is 0.125 e. The lowest BCUT2D eigenvalue weighted by Crippen LogP contribution is -2.31. The average molecular weight is 226 g/mol. The van der Waals surface area contributed by atoms with Crippen LogP contribution in [0, 0.1) is 11.7 Å². The number of hydrogen-bond donors (Lipinski definition) is 1. The van der Waals surface area contributed by atoms with E-state index in [1.54, 1.807) is 6.07 Å². The topological polar surface area (TPSA) is 29.3 Å². The van der Waals surface area contributed by atoms with Gasteiger partial charge in [-0.05, 0) is 18.2 Å². The molecule has 2 N–H and O–H groups in total. The molecular weight excluding hydrogens is 211 g/mol. The Hall–Kier alpha value is -1.16. The monoisotopic (exact) mass is 226 g/mol. The lowest BCUT2D eigenvalue weighted by molar-refractivity contribution is 0.626. The molecule has 0 aromatic heterocycles. The molecule has 4 heteroatoms. The molecule has 1 rings (SSSR count). The molecule has 0 spiro atoms. The third-order valence-electron chi connectivity index (χ3n) is 2.28. The van der Waals surface area contributed by atoms with E-state index in [-0.39, 0.29) is 11.7 Å². The zero-order valence-corrected chi connectivity index (χ0v) is 9.72. The van der Waals surface area contributed by atoms with Crippen LogP contribution < -0.4 is 10.6 Å². The number of anilines is 1. The number of nitrogens with two attached hydrogens (primary N) is 1. The van der Waals surface area contributed by atoms with E-state index in [2.05, 4.69) is 0 Å². The molecule has 1 aromatic rings. The van der Waals surface area contributed by atoms with Crippen molar-refractivity contribution in [2.75, 3.05) is 18.5 Å². The second-order valence-electron chi connectivity index (χ2n) is 3.66. The van der Waals surface area contributed by atoms with E-state index in [4.69, 9.17) is 18.0 Å². The van der Waals surface area contributed by atoms with Gasteiger partial charge in [-0.2, -0.15) is 0 Å². The highest BCUT2D eigenvalue weighted by Gasteiger charge is 2.09. The van der Waals surface area contributed by atoms with Crippen LogP contribution in [0.25, 0.3) is 0 Å². The van der Waals surface area contributed by atoms with Crippen molar-refractivity contribution in [1.82, 2.24) is 0 Å². The third-order valence-corrected chi connectivity index (χ3v) is 2.68. The first kappa shape index (κ1) is 11.9. The van der Waals surface area contributed by atoms with E-state index in [1.165, 1.54) is 12.1 Å². The van der Waals surface area contributed by atoms with E-state index in [9.17, 15) is 4.39 Å². The molecule has 2 nitrogen and oxygen atoms in total. The molecule has 0 saturated heterocycles. The molecule has 15 heavy (non-hydrogen) atoms. The summed E-state index contributed by atoms with van der Waals surface area (Å²) < 4.78 is 12.9. The summed E-state index contributed by atoms with van der Waals surface area (Å²) in [5, 5.41) is 0. The highest BCUT2D eigenvalue weighted by molar-refractivity contribution is 7.80. The standard InChI is InChI=1S/C11H15FN2S/c1-8(11(13)15)7-14(2)10-5-3-4-9(12)6-10/h3-6,8H,7H2,1-2H3,(H2,13,15). The minimum Gasteiger partial charge on any atom is -0.393 e. The molecule has 0 aliphatic carbocycles. The summed E-state index contributed by atoms with van der Waals surface area (Å²) in [5.41, 5.74) is 6.35. The first-order valence-corrected chi connectivity index (χ1v) is 5.17. The number of rotatable bonds is 4. The summed E-state index contributed by atoms with van der Waals surface area (Å²) in [6.45, 7) is 2.65. The minimum atomic E-state index is -0.234. The van der Waals surface area contributed by atoms with Crippen LogP contribution in [0.15, 0.2) is 24.3 Å². The maximum atomic E-state index is 12.9. The molecule has 0 saturated carbocycles. The third kappa shape index (κ3) is 3.47. The van der Waals surface area contributed by atoms with E-state index >= 15 is 0 Å². The predicted molar refractivity (Wildman–Crippen MR) is 65.6 cm³/mol. The summed E-state index contributed by atoms with van der Waals surface area (Å²) in [4.78, 5) is 2.42. The van der Waals surface area contributed by atoms with E-state index in [0.717, 1.165) is 5.69 Å². The number of hydrogen-bond acceptors (Lipinski definition) is 2. The quantitative estimate of drug-likeness (QED) is 0.798. The number of benzene rings is 1. The van der Waals surface area contributed by atoms with Crippen LogP contribution >= 0.6 is 12.2 Å². The Morgan fingerprint density at radius 2 is 2.27 bits per heavy atom. The molecule has 1 atom stereocenters. The van der Waals surface area contributed by atoms with Crippen LogP contribution in [-0.4, -0.2) is 18.6 Å². The second kappa shape index (κ2) is 5.07. The van der Waals surface area contributed by atoms with Gasteiger partial charge in [0, 0.05) is 25.2 Å². The van der Waals surface area contributed by atoms with Crippen molar-refractivity contribution >= 4 is 22.9 Å². The van der Waals surface area contributed by atoms with Gasteiger partial charge >= 0.3 is 0 Å². The summed E-state index contributed by atoms with van der Waals surface area (Å²) in [5.74, 6) is -0.115. The van der Waals surface area contributed by atoms with Gasteiger partial charge in [0.1, 0.15) is 5.82 Å². The largest absolute Gasteiger partial charge is 0.393 e. The van der Waals surface area contributed by atoms with Gasteiger partial charge in [-0.3, -0.25) is 0 Å². The van der Waals surface area contributed by atoms with Gasteiger partial charge in [-0.1, -0.05) is 25.2 Å². The number of thiocarbonyl (C=S) groups is 1. The van der Waals surface area contributed by atoms with Gasteiger partial charge in [0.25, 0.3) is 0 Å². The minimum absolute atomic E-state index is 0.119. The van der Waals surface area contributed by atoms with Crippen LogP contribution in [0.5, 0.6) is 0 Å². The SMILES string of the molecule is CC(CN(C)c1cccc(F)c1)C(N)=S. The van der Waals surface area contributed by atoms with E-state index in [0.29, 0.717) is 11.5 Å². The molecule has 0 bridgehead atoms. The van der Waals surface area contributed by atoms with Gasteiger partial charge in [-0.25, -0.2) is 4.39 Å². The molecule has 0 heterocycles. The van der Waals surface area contributed by atoms with Crippen molar-refractivity contribution in [3.05, 3.63) is 30.1 Å². The van der Waals surface area contributed by atoms with Crippen LogP contribution in [0.3, 0.4) is 0 Å². The molecule has 1 aromatic carbocycles. The molecule has 0 radical (unpaired) electrons. The van der Waals surface area contributed by atoms with Crippen LogP contribution in [0.4, 0.5) is 10.1 Å². The maximum absolute atomic E-state index is 12.9. The van der Waals surface area contributed by atoms with Crippen molar-refractivity contribution in [2.24, 2.45) is 11.7 Å². The normalized spacial score (nSPS) is 12.2. The van der Waals surface area contributed by atoms with Gasteiger partial charge in [-0.15, -0.1) is 0 Å². The Bertz CT molecular complexity index is 354. The zero-order chi connectivity index (χ0) is 11.4. The fourth-order valence-electron chi connectivity index (χ4n) is 1.32. The zero-order valence-electron chi connectivity index (χ0n) is 8.90. The number of halogens is 1. The highest BCUT2D eigenvalue weighted by Crippen LogP contribution is 2.15. The van der Waals surface area contributed by atoms with E-state index in [1.807, 2.05) is 24.9 Å². The van der Waals surface area contributed by atoms with Crippen molar-refractivity contribution < 1.29 is 4.39 Å². The Morgan fingerprint density at radius 1 is 1.60 bits per heavy atom. The van der Waals surface area contributed by atoms with Crippen molar-refractivity contribution in [2.45, 2.75) is 6.92 Å².